The van der Waals surface area contributed by atoms with Crippen LogP contribution < -0.4 is 0 Å². The summed E-state index contributed by atoms with van der Waals surface area (Å²) >= 11 is 0. The summed E-state index contributed by atoms with van der Waals surface area (Å²) in [5, 5.41) is 11.7. The summed E-state index contributed by atoms with van der Waals surface area (Å²) in [5.41, 5.74) is 0.925. The molecule has 0 radical (unpaired) electrons. The fourth-order valence-electron chi connectivity index (χ4n) is 3.16. The molecular weight excluding hydrogens is 304 g/mol. The van der Waals surface area contributed by atoms with Crippen molar-refractivity contribution in [3.63, 3.8) is 0 Å². The zero-order valence-corrected chi connectivity index (χ0v) is 17.6. The number of hydrogen-bond acceptors (Lipinski definition) is 1. The number of phenols is 1. The van der Waals surface area contributed by atoms with Crippen molar-refractivity contribution in [3.05, 3.63) is 42.0 Å². The number of hydrogen-bond donors (Lipinski definition) is 1. The van der Waals surface area contributed by atoms with Crippen LogP contribution in [0, 0.1) is 18.8 Å². The van der Waals surface area contributed by atoms with Crippen molar-refractivity contribution in [1.29, 1.82) is 0 Å². The van der Waals surface area contributed by atoms with Gasteiger partial charge >= 0.3 is 0 Å². The Labute approximate surface area is 156 Å². The zero-order chi connectivity index (χ0) is 19.2. The Morgan fingerprint density at radius 2 is 1.40 bits per heavy atom. The highest BCUT2D eigenvalue weighted by Crippen LogP contribution is 2.29. The number of aryl methyl sites for hydroxylation is 1. The Balaban J connectivity index is 0.000000396. The predicted octanol–water partition coefficient (Wildman–Crippen LogP) is 8.13. The molecule has 1 N–H and O–H groups in total. The summed E-state index contributed by atoms with van der Waals surface area (Å²) in [7, 11) is 0. The summed E-state index contributed by atoms with van der Waals surface area (Å²) < 4.78 is 0. The topological polar surface area (TPSA) is 20.2 Å². The lowest BCUT2D eigenvalue weighted by Crippen LogP contribution is -2.12. The van der Waals surface area contributed by atoms with E-state index in [0.29, 0.717) is 5.75 Å². The van der Waals surface area contributed by atoms with Crippen molar-refractivity contribution in [2.24, 2.45) is 11.8 Å². The van der Waals surface area contributed by atoms with E-state index in [0.717, 1.165) is 28.2 Å². The summed E-state index contributed by atoms with van der Waals surface area (Å²) in [6, 6.07) is 11.8. The molecule has 0 atom stereocenters. The van der Waals surface area contributed by atoms with Crippen molar-refractivity contribution in [1.82, 2.24) is 0 Å². The molecule has 0 spiro atoms. The number of phenolic OH excluding ortho intramolecular Hbond substituents is 1. The van der Waals surface area contributed by atoms with E-state index >= 15 is 0 Å². The SMILES string of the molecule is CC.CC.CC(C)C1CCCCC1.Cc1ccc2ccccc2c1O. The van der Waals surface area contributed by atoms with Crippen LogP contribution in [0.25, 0.3) is 10.8 Å². The van der Waals surface area contributed by atoms with Crippen LogP contribution in [0.3, 0.4) is 0 Å². The monoisotopic (exact) mass is 344 g/mol. The van der Waals surface area contributed by atoms with Gasteiger partial charge in [-0.05, 0) is 29.7 Å². The van der Waals surface area contributed by atoms with Crippen molar-refractivity contribution >= 4 is 10.8 Å². The van der Waals surface area contributed by atoms with Gasteiger partial charge in [0, 0.05) is 5.39 Å². The van der Waals surface area contributed by atoms with E-state index in [1.807, 2.05) is 71.0 Å². The van der Waals surface area contributed by atoms with Crippen LogP contribution in [0.1, 0.15) is 79.2 Å². The van der Waals surface area contributed by atoms with Gasteiger partial charge in [-0.3, -0.25) is 0 Å². The normalized spacial score (nSPS) is 13.8. The summed E-state index contributed by atoms with van der Waals surface area (Å²) in [5.74, 6) is 2.39. The molecule has 2 aromatic rings. The molecule has 1 aliphatic carbocycles. The van der Waals surface area contributed by atoms with E-state index in [4.69, 9.17) is 0 Å². The third kappa shape index (κ3) is 7.94. The molecule has 0 heterocycles. The van der Waals surface area contributed by atoms with Gasteiger partial charge in [0.05, 0.1) is 0 Å². The number of aromatic hydroxyl groups is 1. The second-order valence-electron chi connectivity index (χ2n) is 6.59. The van der Waals surface area contributed by atoms with Crippen molar-refractivity contribution < 1.29 is 5.11 Å². The maximum atomic E-state index is 9.66. The van der Waals surface area contributed by atoms with E-state index in [1.165, 1.54) is 32.1 Å². The first-order valence-electron chi connectivity index (χ1n) is 10.3. The average molecular weight is 345 g/mol. The molecule has 0 aromatic heterocycles. The quantitative estimate of drug-likeness (QED) is 0.553. The van der Waals surface area contributed by atoms with E-state index in [-0.39, 0.29) is 0 Å². The van der Waals surface area contributed by atoms with E-state index in [1.54, 1.807) is 0 Å². The molecule has 142 valence electrons. The molecule has 0 bridgehead atoms. The number of benzene rings is 2. The average Bonchev–Trinajstić information content (AvgIpc) is 2.69. The zero-order valence-electron chi connectivity index (χ0n) is 17.6. The summed E-state index contributed by atoms with van der Waals surface area (Å²) in [4.78, 5) is 0. The minimum absolute atomic E-state index is 0.396. The smallest absolute Gasteiger partial charge is 0.126 e. The summed E-state index contributed by atoms with van der Waals surface area (Å²) in [6.45, 7) is 14.6. The lowest BCUT2D eigenvalue weighted by molar-refractivity contribution is 0.279. The van der Waals surface area contributed by atoms with E-state index < -0.39 is 0 Å². The van der Waals surface area contributed by atoms with Gasteiger partial charge in [0.1, 0.15) is 5.75 Å². The highest BCUT2D eigenvalue weighted by Gasteiger charge is 2.15. The Morgan fingerprint density at radius 3 is 1.92 bits per heavy atom. The largest absolute Gasteiger partial charge is 0.507 e. The van der Waals surface area contributed by atoms with Crippen LogP contribution in [-0.2, 0) is 0 Å². The first-order chi connectivity index (χ1) is 12.1. The van der Waals surface area contributed by atoms with Gasteiger partial charge in [0.25, 0.3) is 0 Å². The molecule has 1 saturated carbocycles. The maximum absolute atomic E-state index is 9.66. The van der Waals surface area contributed by atoms with Gasteiger partial charge in [-0.2, -0.15) is 0 Å². The first-order valence-corrected chi connectivity index (χ1v) is 10.3. The van der Waals surface area contributed by atoms with Crippen molar-refractivity contribution in [2.45, 2.75) is 80.6 Å². The van der Waals surface area contributed by atoms with Crippen LogP contribution in [0.5, 0.6) is 5.75 Å². The van der Waals surface area contributed by atoms with Crippen LogP contribution in [-0.4, -0.2) is 5.11 Å². The molecule has 1 heteroatoms. The second-order valence-corrected chi connectivity index (χ2v) is 6.59. The fourth-order valence-corrected chi connectivity index (χ4v) is 3.16. The molecular formula is C24H40O. The molecule has 3 rings (SSSR count). The number of fused-ring (bicyclic) bond motifs is 1. The molecule has 1 fully saturated rings. The fraction of sp³-hybridized carbons (Fsp3) is 0.583. The summed E-state index contributed by atoms with van der Waals surface area (Å²) in [6.07, 6.45) is 7.46. The third-order valence-electron chi connectivity index (χ3n) is 4.69. The maximum Gasteiger partial charge on any atom is 0.126 e. The second kappa shape index (κ2) is 13.8. The van der Waals surface area contributed by atoms with E-state index in [9.17, 15) is 5.11 Å². The van der Waals surface area contributed by atoms with Gasteiger partial charge in [0.2, 0.25) is 0 Å². The third-order valence-corrected chi connectivity index (χ3v) is 4.69. The van der Waals surface area contributed by atoms with Gasteiger partial charge in [-0.25, -0.2) is 0 Å². The first kappa shape index (κ1) is 23.5. The minimum atomic E-state index is 0.396. The van der Waals surface area contributed by atoms with Gasteiger partial charge in [-0.15, -0.1) is 0 Å². The Hall–Kier alpha value is -1.50. The molecule has 1 nitrogen and oxygen atoms in total. The van der Waals surface area contributed by atoms with Crippen molar-refractivity contribution in [3.8, 4) is 5.75 Å². The van der Waals surface area contributed by atoms with Crippen LogP contribution in [0.2, 0.25) is 0 Å². The highest BCUT2D eigenvalue weighted by molar-refractivity contribution is 5.89. The van der Waals surface area contributed by atoms with Gasteiger partial charge < -0.3 is 5.11 Å². The molecule has 0 aliphatic heterocycles. The van der Waals surface area contributed by atoms with Crippen LogP contribution >= 0.6 is 0 Å². The molecule has 0 saturated heterocycles. The van der Waals surface area contributed by atoms with Crippen molar-refractivity contribution in [2.75, 3.05) is 0 Å². The van der Waals surface area contributed by atoms with Gasteiger partial charge in [0.15, 0.2) is 0 Å². The standard InChI is InChI=1S/C11H10O.C9H18.2C2H6/c1-8-6-7-9-4-2-3-5-10(9)11(8)12;1-8(2)9-6-4-3-5-7-9;2*1-2/h2-7,12H,1H3;8-9H,3-7H2,1-2H3;2*1-2H3. The molecule has 25 heavy (non-hydrogen) atoms. The number of rotatable bonds is 1. The van der Waals surface area contributed by atoms with Crippen LogP contribution in [0.4, 0.5) is 0 Å². The molecule has 2 aromatic carbocycles. The predicted molar refractivity (Wildman–Crippen MR) is 114 cm³/mol. The molecule has 0 unspecified atom stereocenters. The minimum Gasteiger partial charge on any atom is -0.507 e. The lowest BCUT2D eigenvalue weighted by Gasteiger charge is -2.24. The highest BCUT2D eigenvalue weighted by atomic mass is 16.3. The Morgan fingerprint density at radius 1 is 0.840 bits per heavy atom. The van der Waals surface area contributed by atoms with E-state index in [2.05, 4.69) is 13.8 Å². The van der Waals surface area contributed by atoms with Crippen LogP contribution in [0.15, 0.2) is 36.4 Å². The Kier molecular flexibility index (Phi) is 12.9. The molecule has 1 aliphatic rings. The lowest BCUT2D eigenvalue weighted by atomic mass is 9.82. The molecule has 0 amide bonds. The van der Waals surface area contributed by atoms with Gasteiger partial charge in [-0.1, -0.05) is 110 Å². The Bertz CT molecular complexity index is 565.